The molecule has 1 amide bonds. The average Bonchev–Trinajstić information content (AvgIpc) is 2.91. The minimum atomic E-state index is -3.94. The summed E-state index contributed by atoms with van der Waals surface area (Å²) in [5.41, 5.74) is 0.256. The van der Waals surface area contributed by atoms with Crippen molar-refractivity contribution in [1.82, 2.24) is 4.90 Å². The molecule has 0 unspecified atom stereocenters. The number of benzene rings is 2. The van der Waals surface area contributed by atoms with Gasteiger partial charge in [-0.1, -0.05) is 36.4 Å². The van der Waals surface area contributed by atoms with Crippen LogP contribution >= 0.6 is 11.8 Å². The Labute approximate surface area is 155 Å². The number of rotatable bonds is 4. The predicted molar refractivity (Wildman–Crippen MR) is 100 cm³/mol. The fourth-order valence-electron chi connectivity index (χ4n) is 2.34. The van der Waals surface area contributed by atoms with Gasteiger partial charge in [-0.2, -0.15) is 8.42 Å². The zero-order valence-electron chi connectivity index (χ0n) is 13.8. The van der Waals surface area contributed by atoms with Gasteiger partial charge < -0.3 is 0 Å². The van der Waals surface area contributed by atoms with E-state index in [4.69, 9.17) is 0 Å². The van der Waals surface area contributed by atoms with E-state index in [1.165, 1.54) is 29.2 Å². The number of sulfonamides is 1. The first-order valence-corrected chi connectivity index (χ1v) is 10.0. The van der Waals surface area contributed by atoms with Crippen LogP contribution in [0.15, 0.2) is 68.8 Å². The van der Waals surface area contributed by atoms with Crippen LogP contribution in [0.4, 0.5) is 4.39 Å². The lowest BCUT2D eigenvalue weighted by Crippen LogP contribution is -2.29. The molecular weight excluding hydrogens is 375 g/mol. The molecule has 134 valence electrons. The molecule has 8 heteroatoms. The molecule has 1 aliphatic rings. The Bertz CT molecular complexity index is 1000. The van der Waals surface area contributed by atoms with E-state index in [2.05, 4.69) is 4.40 Å². The zero-order valence-corrected chi connectivity index (χ0v) is 15.4. The first-order valence-electron chi connectivity index (χ1n) is 7.78. The number of likely N-dealkylation sites (N-methyl/N-ethyl adjacent to an activating group) is 1. The number of carbonyl (C=O) groups excluding carboxylic acids is 1. The predicted octanol–water partition coefficient (Wildman–Crippen LogP) is 3.51. The van der Waals surface area contributed by atoms with Gasteiger partial charge >= 0.3 is 0 Å². The zero-order chi connectivity index (χ0) is 18.7. The van der Waals surface area contributed by atoms with Crippen molar-refractivity contribution in [3.8, 4) is 0 Å². The molecule has 0 saturated carbocycles. The molecule has 3 rings (SSSR count). The summed E-state index contributed by atoms with van der Waals surface area (Å²) in [4.78, 5) is 14.1. The lowest BCUT2D eigenvalue weighted by Gasteiger charge is -2.11. The van der Waals surface area contributed by atoms with E-state index in [0.717, 1.165) is 11.8 Å². The van der Waals surface area contributed by atoms with E-state index < -0.39 is 21.7 Å². The lowest BCUT2D eigenvalue weighted by molar-refractivity contribution is -0.122. The van der Waals surface area contributed by atoms with Gasteiger partial charge in [0, 0.05) is 12.1 Å². The number of hydrogen-bond donors (Lipinski definition) is 0. The van der Waals surface area contributed by atoms with Crippen molar-refractivity contribution >= 4 is 38.9 Å². The van der Waals surface area contributed by atoms with E-state index in [0.29, 0.717) is 0 Å². The van der Waals surface area contributed by atoms with Crippen LogP contribution < -0.4 is 0 Å². The maximum atomic E-state index is 13.8. The Morgan fingerprint density at radius 3 is 2.42 bits per heavy atom. The second-order valence-corrected chi connectivity index (χ2v) is 7.96. The number of carbonyl (C=O) groups is 1. The normalized spacial score (nSPS) is 18.1. The van der Waals surface area contributed by atoms with Crippen molar-refractivity contribution < 1.29 is 17.6 Å². The summed E-state index contributed by atoms with van der Waals surface area (Å²) >= 11 is 0.918. The molecule has 1 aliphatic heterocycles. The van der Waals surface area contributed by atoms with Crippen LogP contribution in [0, 0.1) is 5.82 Å². The molecule has 0 aromatic heterocycles. The summed E-state index contributed by atoms with van der Waals surface area (Å²) in [6, 6.07) is 13.8. The monoisotopic (exact) mass is 390 g/mol. The third kappa shape index (κ3) is 3.71. The van der Waals surface area contributed by atoms with E-state index in [9.17, 15) is 17.6 Å². The van der Waals surface area contributed by atoms with Crippen molar-refractivity contribution in [2.45, 2.75) is 11.8 Å². The van der Waals surface area contributed by atoms with Gasteiger partial charge in [0.15, 0.2) is 5.17 Å². The van der Waals surface area contributed by atoms with Gasteiger partial charge in [0.05, 0.1) is 9.80 Å². The van der Waals surface area contributed by atoms with Crippen LogP contribution in [-0.2, 0) is 14.8 Å². The van der Waals surface area contributed by atoms with Crippen molar-refractivity contribution in [3.05, 3.63) is 70.9 Å². The Morgan fingerprint density at radius 1 is 1.12 bits per heavy atom. The highest BCUT2D eigenvalue weighted by Gasteiger charge is 2.34. The SMILES string of the molecule is CCN1C(=O)/C(=C\c2ccccc2F)SC1=NS(=O)(=O)c1ccccc1. The summed E-state index contributed by atoms with van der Waals surface area (Å²) < 4.78 is 42.6. The van der Waals surface area contributed by atoms with Crippen LogP contribution in [0.2, 0.25) is 0 Å². The average molecular weight is 390 g/mol. The Kier molecular flexibility index (Phi) is 5.24. The van der Waals surface area contributed by atoms with Gasteiger partial charge in [-0.25, -0.2) is 4.39 Å². The largest absolute Gasteiger partial charge is 0.286 e. The molecule has 5 nitrogen and oxygen atoms in total. The number of amidine groups is 1. The number of amides is 1. The van der Waals surface area contributed by atoms with E-state index in [-0.39, 0.29) is 27.1 Å². The highest BCUT2D eigenvalue weighted by atomic mass is 32.2. The van der Waals surface area contributed by atoms with Crippen molar-refractivity contribution in [3.63, 3.8) is 0 Å². The number of nitrogens with zero attached hydrogens (tertiary/aromatic N) is 2. The van der Waals surface area contributed by atoms with Gasteiger partial charge in [0.2, 0.25) is 0 Å². The van der Waals surface area contributed by atoms with Crippen LogP contribution in [0.25, 0.3) is 6.08 Å². The van der Waals surface area contributed by atoms with Gasteiger partial charge in [-0.3, -0.25) is 9.69 Å². The summed E-state index contributed by atoms with van der Waals surface area (Å²) in [6.45, 7) is 1.97. The summed E-state index contributed by atoms with van der Waals surface area (Å²) in [5, 5.41) is 0.0592. The molecule has 0 bridgehead atoms. The molecule has 1 saturated heterocycles. The number of thioether (sulfide) groups is 1. The summed E-state index contributed by atoms with van der Waals surface area (Å²) in [6.07, 6.45) is 1.41. The van der Waals surface area contributed by atoms with Crippen LogP contribution in [0.5, 0.6) is 0 Å². The highest BCUT2D eigenvalue weighted by Crippen LogP contribution is 2.33. The first kappa shape index (κ1) is 18.3. The van der Waals surface area contributed by atoms with Gasteiger partial charge in [0.25, 0.3) is 15.9 Å². The quantitative estimate of drug-likeness (QED) is 0.750. The van der Waals surface area contributed by atoms with Gasteiger partial charge in [0.1, 0.15) is 5.82 Å². The first-order chi connectivity index (χ1) is 12.4. The minimum Gasteiger partial charge on any atom is -0.286 e. The van der Waals surface area contributed by atoms with Crippen molar-refractivity contribution in [2.24, 2.45) is 4.40 Å². The standard InChI is InChI=1S/C18H15FN2O3S2/c1-2-21-17(22)16(12-13-8-6-7-11-15(13)19)25-18(21)20-26(23,24)14-9-4-3-5-10-14/h3-12H,2H2,1H3/b16-12+,20-18?. The Hall–Kier alpha value is -2.45. The molecule has 0 aliphatic carbocycles. The van der Waals surface area contributed by atoms with Crippen LogP contribution in [0.3, 0.4) is 0 Å². The molecule has 2 aromatic rings. The molecule has 26 heavy (non-hydrogen) atoms. The van der Waals surface area contributed by atoms with Crippen LogP contribution in [-0.4, -0.2) is 30.9 Å². The second kappa shape index (κ2) is 7.43. The van der Waals surface area contributed by atoms with Crippen molar-refractivity contribution in [1.29, 1.82) is 0 Å². The molecule has 0 radical (unpaired) electrons. The number of hydrogen-bond acceptors (Lipinski definition) is 4. The van der Waals surface area contributed by atoms with Crippen molar-refractivity contribution in [2.75, 3.05) is 6.54 Å². The summed E-state index contributed by atoms with van der Waals surface area (Å²) in [7, 11) is -3.94. The van der Waals surface area contributed by atoms with Gasteiger partial charge in [-0.05, 0) is 43.0 Å². The molecule has 1 fully saturated rings. The second-order valence-electron chi connectivity index (χ2n) is 5.34. The molecular formula is C18H15FN2O3S2. The minimum absolute atomic E-state index is 0.0446. The molecule has 0 N–H and O–H groups in total. The lowest BCUT2D eigenvalue weighted by atomic mass is 10.2. The third-order valence-electron chi connectivity index (χ3n) is 3.64. The maximum Gasteiger partial charge on any atom is 0.284 e. The third-order valence-corrected chi connectivity index (χ3v) is 6.04. The maximum absolute atomic E-state index is 13.8. The van der Waals surface area contributed by atoms with Gasteiger partial charge in [-0.15, -0.1) is 4.40 Å². The molecule has 1 heterocycles. The Balaban J connectivity index is 1.99. The fraction of sp³-hybridized carbons (Fsp3) is 0.111. The topological polar surface area (TPSA) is 66.8 Å². The van der Waals surface area contributed by atoms with Crippen LogP contribution in [0.1, 0.15) is 12.5 Å². The highest BCUT2D eigenvalue weighted by molar-refractivity contribution is 8.19. The molecule has 0 spiro atoms. The summed E-state index contributed by atoms with van der Waals surface area (Å²) in [5.74, 6) is -0.860. The molecule has 0 atom stereocenters. The van der Waals surface area contributed by atoms with E-state index in [1.54, 1.807) is 43.3 Å². The Morgan fingerprint density at radius 2 is 1.77 bits per heavy atom. The van der Waals surface area contributed by atoms with E-state index in [1.807, 2.05) is 0 Å². The van der Waals surface area contributed by atoms with E-state index >= 15 is 0 Å². The molecule has 2 aromatic carbocycles. The fourth-order valence-corrected chi connectivity index (χ4v) is 4.59. The smallest absolute Gasteiger partial charge is 0.284 e. The number of halogens is 1.